The summed E-state index contributed by atoms with van der Waals surface area (Å²) in [6.07, 6.45) is 0.620. The fraction of sp³-hybridized carbons (Fsp3) is 0.562. The van der Waals surface area contributed by atoms with Gasteiger partial charge in [-0.25, -0.2) is 0 Å². The molecule has 3 rings (SSSR count). The molecule has 2 fully saturated rings. The van der Waals surface area contributed by atoms with E-state index in [1.807, 2.05) is 12.1 Å². The molecule has 4 heteroatoms. The van der Waals surface area contributed by atoms with Crippen molar-refractivity contribution in [2.45, 2.75) is 19.3 Å². The van der Waals surface area contributed by atoms with Gasteiger partial charge in [0, 0.05) is 37.1 Å². The molecule has 1 N–H and O–H groups in total. The van der Waals surface area contributed by atoms with Crippen molar-refractivity contribution in [3.8, 4) is 0 Å². The second kappa shape index (κ2) is 5.86. The van der Waals surface area contributed by atoms with E-state index in [2.05, 4.69) is 45.2 Å². The number of nitrogens with one attached hydrogen (secondary N) is 1. The van der Waals surface area contributed by atoms with Gasteiger partial charge in [0.25, 0.3) is 0 Å². The fourth-order valence-corrected chi connectivity index (χ4v) is 3.62. The highest BCUT2D eigenvalue weighted by Crippen LogP contribution is 2.28. The first kappa shape index (κ1) is 14.1. The Labute approximate surface area is 128 Å². The summed E-state index contributed by atoms with van der Waals surface area (Å²) in [6, 6.07) is 8.29. The van der Waals surface area contributed by atoms with Crippen molar-refractivity contribution < 1.29 is 4.79 Å². The van der Waals surface area contributed by atoms with Crippen molar-refractivity contribution in [2.75, 3.05) is 26.2 Å². The van der Waals surface area contributed by atoms with E-state index in [9.17, 15) is 4.79 Å². The molecule has 2 aliphatic heterocycles. The van der Waals surface area contributed by atoms with Gasteiger partial charge in [0.15, 0.2) is 0 Å². The predicted molar refractivity (Wildman–Crippen MR) is 83.6 cm³/mol. The lowest BCUT2D eigenvalue weighted by Crippen LogP contribution is -2.32. The zero-order chi connectivity index (χ0) is 14.1. The van der Waals surface area contributed by atoms with Gasteiger partial charge >= 0.3 is 0 Å². The molecule has 0 radical (unpaired) electrons. The molecule has 0 aromatic heterocycles. The minimum absolute atomic E-state index is 0.286. The van der Waals surface area contributed by atoms with E-state index in [-0.39, 0.29) is 5.92 Å². The smallest absolute Gasteiger partial charge is 0.223 e. The molecule has 0 spiro atoms. The summed E-state index contributed by atoms with van der Waals surface area (Å²) in [6.45, 7) is 6.19. The van der Waals surface area contributed by atoms with Crippen LogP contribution in [0.2, 0.25) is 0 Å². The number of hydrogen-bond acceptors (Lipinski definition) is 2. The Balaban J connectivity index is 1.57. The fourth-order valence-electron chi connectivity index (χ4n) is 3.36. The highest BCUT2D eigenvalue weighted by molar-refractivity contribution is 9.10. The Hall–Kier alpha value is -0.870. The van der Waals surface area contributed by atoms with Crippen LogP contribution in [0, 0.1) is 11.8 Å². The van der Waals surface area contributed by atoms with Crippen LogP contribution in [0.15, 0.2) is 28.7 Å². The van der Waals surface area contributed by atoms with Gasteiger partial charge in [-0.05, 0) is 35.4 Å². The second-order valence-corrected chi connectivity index (χ2v) is 7.05. The van der Waals surface area contributed by atoms with Crippen molar-refractivity contribution in [3.63, 3.8) is 0 Å². The van der Waals surface area contributed by atoms with Gasteiger partial charge in [-0.2, -0.15) is 0 Å². The number of benzene rings is 1. The Morgan fingerprint density at radius 2 is 1.90 bits per heavy atom. The van der Waals surface area contributed by atoms with E-state index < -0.39 is 0 Å². The monoisotopic (exact) mass is 336 g/mol. The molecule has 1 aromatic rings. The number of carbonyl (C=O) groups is 1. The third kappa shape index (κ3) is 2.91. The van der Waals surface area contributed by atoms with E-state index in [1.54, 1.807) is 0 Å². The summed E-state index contributed by atoms with van der Waals surface area (Å²) in [5, 5.41) is 3.41. The lowest BCUT2D eigenvalue weighted by molar-refractivity contribution is -0.130. The number of hydrogen-bond donors (Lipinski definition) is 1. The van der Waals surface area contributed by atoms with Crippen molar-refractivity contribution in [1.29, 1.82) is 0 Å². The third-order valence-corrected chi connectivity index (χ3v) is 5.19. The quantitative estimate of drug-likeness (QED) is 0.920. The molecule has 2 aliphatic rings. The lowest BCUT2D eigenvalue weighted by Gasteiger charge is -2.20. The SMILES string of the molecule is CC(CC(=O)N1C[C@H]2CNC[C@H]2C1)c1ccc(Br)cc1. The van der Waals surface area contributed by atoms with Gasteiger partial charge in [0.05, 0.1) is 0 Å². The summed E-state index contributed by atoms with van der Waals surface area (Å²) in [5.74, 6) is 1.97. The number of carbonyl (C=O) groups excluding carboxylic acids is 1. The van der Waals surface area contributed by atoms with E-state index in [0.29, 0.717) is 24.2 Å². The Bertz CT molecular complexity index is 476. The van der Waals surface area contributed by atoms with Crippen LogP contribution in [0.25, 0.3) is 0 Å². The molecule has 1 amide bonds. The Morgan fingerprint density at radius 1 is 1.30 bits per heavy atom. The summed E-state index contributed by atoms with van der Waals surface area (Å²) < 4.78 is 1.08. The van der Waals surface area contributed by atoms with Crippen molar-refractivity contribution >= 4 is 21.8 Å². The molecular formula is C16H21BrN2O. The Kier molecular flexibility index (Phi) is 4.13. The van der Waals surface area contributed by atoms with Gasteiger partial charge in [0.2, 0.25) is 5.91 Å². The first-order chi connectivity index (χ1) is 9.63. The van der Waals surface area contributed by atoms with E-state index >= 15 is 0 Å². The molecule has 2 saturated heterocycles. The average Bonchev–Trinajstić information content (AvgIpc) is 2.99. The molecule has 3 atom stereocenters. The van der Waals surface area contributed by atoms with Gasteiger partial charge in [-0.15, -0.1) is 0 Å². The number of halogens is 1. The highest BCUT2D eigenvalue weighted by atomic mass is 79.9. The maximum Gasteiger partial charge on any atom is 0.223 e. The van der Waals surface area contributed by atoms with Crippen LogP contribution in [-0.4, -0.2) is 37.0 Å². The van der Waals surface area contributed by atoms with E-state index in [1.165, 1.54) is 5.56 Å². The number of fused-ring (bicyclic) bond motifs is 1. The van der Waals surface area contributed by atoms with Crippen LogP contribution < -0.4 is 5.32 Å². The summed E-state index contributed by atoms with van der Waals surface area (Å²) in [5.41, 5.74) is 1.24. The van der Waals surface area contributed by atoms with Crippen LogP contribution in [-0.2, 0) is 4.79 Å². The molecule has 3 nitrogen and oxygen atoms in total. The summed E-state index contributed by atoms with van der Waals surface area (Å²) in [7, 11) is 0. The third-order valence-electron chi connectivity index (χ3n) is 4.66. The molecule has 0 aliphatic carbocycles. The molecule has 1 unspecified atom stereocenters. The number of rotatable bonds is 3. The maximum absolute atomic E-state index is 12.4. The first-order valence-corrected chi connectivity index (χ1v) is 8.16. The van der Waals surface area contributed by atoms with Crippen LogP contribution in [0.5, 0.6) is 0 Å². The molecule has 20 heavy (non-hydrogen) atoms. The topological polar surface area (TPSA) is 32.3 Å². The standard InChI is InChI=1S/C16H21BrN2O/c1-11(12-2-4-15(17)5-3-12)6-16(20)19-9-13-7-18-8-14(13)10-19/h2-5,11,13-14,18H,6-10H2,1H3/t11?,13-,14+. The molecular weight excluding hydrogens is 316 g/mol. The minimum Gasteiger partial charge on any atom is -0.342 e. The largest absolute Gasteiger partial charge is 0.342 e. The van der Waals surface area contributed by atoms with Crippen LogP contribution in [0.1, 0.15) is 24.8 Å². The maximum atomic E-state index is 12.4. The Morgan fingerprint density at radius 3 is 2.50 bits per heavy atom. The normalized spacial score (nSPS) is 26.6. The predicted octanol–water partition coefficient (Wildman–Crippen LogP) is 2.62. The average molecular weight is 337 g/mol. The zero-order valence-electron chi connectivity index (χ0n) is 11.8. The van der Waals surface area contributed by atoms with Crippen molar-refractivity contribution in [1.82, 2.24) is 10.2 Å². The number of nitrogens with zero attached hydrogens (tertiary/aromatic N) is 1. The highest BCUT2D eigenvalue weighted by Gasteiger charge is 2.38. The van der Waals surface area contributed by atoms with Gasteiger partial charge in [0.1, 0.15) is 0 Å². The van der Waals surface area contributed by atoms with Gasteiger partial charge in [-0.3, -0.25) is 4.79 Å². The van der Waals surface area contributed by atoms with Crippen molar-refractivity contribution in [3.05, 3.63) is 34.3 Å². The molecule has 0 saturated carbocycles. The van der Waals surface area contributed by atoms with Gasteiger partial charge in [-0.1, -0.05) is 35.0 Å². The lowest BCUT2D eigenvalue weighted by atomic mass is 9.97. The molecule has 0 bridgehead atoms. The number of amides is 1. The van der Waals surface area contributed by atoms with Crippen molar-refractivity contribution in [2.24, 2.45) is 11.8 Å². The molecule has 1 aromatic carbocycles. The summed E-state index contributed by atoms with van der Waals surface area (Å²) >= 11 is 3.45. The molecule has 108 valence electrons. The van der Waals surface area contributed by atoms with E-state index in [0.717, 1.165) is 30.7 Å². The van der Waals surface area contributed by atoms with Gasteiger partial charge < -0.3 is 10.2 Å². The minimum atomic E-state index is 0.286. The second-order valence-electron chi connectivity index (χ2n) is 6.13. The number of likely N-dealkylation sites (tertiary alicyclic amines) is 1. The first-order valence-electron chi connectivity index (χ1n) is 7.37. The van der Waals surface area contributed by atoms with Crippen LogP contribution >= 0.6 is 15.9 Å². The zero-order valence-corrected chi connectivity index (χ0v) is 13.4. The molecule has 2 heterocycles. The van der Waals surface area contributed by atoms with Crippen LogP contribution in [0.3, 0.4) is 0 Å². The van der Waals surface area contributed by atoms with E-state index in [4.69, 9.17) is 0 Å². The van der Waals surface area contributed by atoms with Crippen LogP contribution in [0.4, 0.5) is 0 Å². The summed E-state index contributed by atoms with van der Waals surface area (Å²) in [4.78, 5) is 14.5.